The molecule has 0 aliphatic rings. The maximum absolute atomic E-state index is 13.4. The third-order valence-corrected chi connectivity index (χ3v) is 2.46. The first-order chi connectivity index (χ1) is 8.99. The molecule has 2 aromatic carbocycles. The summed E-state index contributed by atoms with van der Waals surface area (Å²) in [6.07, 6.45) is 0. The lowest BCUT2D eigenvalue weighted by atomic mass is 10.2. The van der Waals surface area contributed by atoms with Crippen molar-refractivity contribution in [3.8, 4) is 0 Å². The van der Waals surface area contributed by atoms with Crippen molar-refractivity contribution in [2.24, 2.45) is 0 Å². The van der Waals surface area contributed by atoms with Crippen LogP contribution in [0, 0.1) is 17.5 Å². The number of rotatable bonds is 2. The fourth-order valence-corrected chi connectivity index (χ4v) is 1.52. The summed E-state index contributed by atoms with van der Waals surface area (Å²) in [6, 6.07) is 6.58. The lowest BCUT2D eigenvalue weighted by molar-refractivity contribution is 0.102. The zero-order chi connectivity index (χ0) is 14.0. The smallest absolute Gasteiger partial charge is 0.258 e. The van der Waals surface area contributed by atoms with Crippen molar-refractivity contribution >= 4 is 17.3 Å². The second-order valence-corrected chi connectivity index (χ2v) is 3.79. The van der Waals surface area contributed by atoms with Crippen molar-refractivity contribution < 1.29 is 18.0 Å². The van der Waals surface area contributed by atoms with E-state index in [1.165, 1.54) is 12.1 Å². The van der Waals surface area contributed by atoms with Crippen LogP contribution in [-0.4, -0.2) is 5.91 Å². The Kier molecular flexibility index (Phi) is 3.41. The molecule has 0 aliphatic carbocycles. The molecule has 0 fully saturated rings. The molecule has 1 amide bonds. The molecule has 0 saturated heterocycles. The van der Waals surface area contributed by atoms with E-state index >= 15 is 0 Å². The van der Waals surface area contributed by atoms with Crippen LogP contribution in [0.1, 0.15) is 10.4 Å². The molecule has 3 N–H and O–H groups in total. The zero-order valence-electron chi connectivity index (χ0n) is 9.58. The van der Waals surface area contributed by atoms with Crippen LogP contribution in [0.3, 0.4) is 0 Å². The topological polar surface area (TPSA) is 55.1 Å². The predicted molar refractivity (Wildman–Crippen MR) is 65.1 cm³/mol. The second-order valence-electron chi connectivity index (χ2n) is 3.79. The van der Waals surface area contributed by atoms with Crippen LogP contribution in [0.4, 0.5) is 24.5 Å². The van der Waals surface area contributed by atoms with Crippen LogP contribution < -0.4 is 11.1 Å². The number of nitrogen functional groups attached to an aromatic ring is 1. The molecular formula is C13H9F3N2O. The summed E-state index contributed by atoms with van der Waals surface area (Å²) >= 11 is 0. The van der Waals surface area contributed by atoms with Gasteiger partial charge in [0.25, 0.3) is 5.91 Å². The number of hydrogen-bond acceptors (Lipinski definition) is 2. The van der Waals surface area contributed by atoms with E-state index in [1.807, 2.05) is 0 Å². The first kappa shape index (κ1) is 12.9. The summed E-state index contributed by atoms with van der Waals surface area (Å²) in [6.45, 7) is 0. The third kappa shape index (κ3) is 2.67. The highest BCUT2D eigenvalue weighted by Gasteiger charge is 2.16. The normalized spacial score (nSPS) is 10.3. The Labute approximate surface area is 106 Å². The molecule has 98 valence electrons. The lowest BCUT2D eigenvalue weighted by Crippen LogP contribution is -2.15. The van der Waals surface area contributed by atoms with Crippen LogP contribution in [0.5, 0.6) is 0 Å². The molecule has 6 heteroatoms. The van der Waals surface area contributed by atoms with Gasteiger partial charge in [-0.15, -0.1) is 0 Å². The number of halogens is 3. The van der Waals surface area contributed by atoms with E-state index in [-0.39, 0.29) is 11.4 Å². The highest BCUT2D eigenvalue weighted by Crippen LogP contribution is 2.21. The fraction of sp³-hybridized carbons (Fsp3) is 0. The maximum atomic E-state index is 13.4. The monoisotopic (exact) mass is 266 g/mol. The molecule has 3 nitrogen and oxygen atoms in total. The Balaban J connectivity index is 2.28. The molecular weight excluding hydrogens is 257 g/mol. The van der Waals surface area contributed by atoms with Gasteiger partial charge in [0.1, 0.15) is 5.82 Å². The van der Waals surface area contributed by atoms with Gasteiger partial charge in [-0.05, 0) is 30.3 Å². The average Bonchev–Trinajstić information content (AvgIpc) is 2.36. The molecule has 0 atom stereocenters. The Morgan fingerprint density at radius 3 is 2.53 bits per heavy atom. The van der Waals surface area contributed by atoms with Crippen LogP contribution >= 0.6 is 0 Å². The largest absolute Gasteiger partial charge is 0.397 e. The van der Waals surface area contributed by atoms with Gasteiger partial charge in [0, 0.05) is 0 Å². The van der Waals surface area contributed by atoms with Crippen LogP contribution in [0.15, 0.2) is 36.4 Å². The van der Waals surface area contributed by atoms with Gasteiger partial charge in [-0.25, -0.2) is 13.2 Å². The van der Waals surface area contributed by atoms with Crippen LogP contribution in [0.2, 0.25) is 0 Å². The predicted octanol–water partition coefficient (Wildman–Crippen LogP) is 2.94. The van der Waals surface area contributed by atoms with E-state index in [9.17, 15) is 18.0 Å². The number of hydrogen-bond donors (Lipinski definition) is 2. The van der Waals surface area contributed by atoms with Gasteiger partial charge in [-0.3, -0.25) is 4.79 Å². The summed E-state index contributed by atoms with van der Waals surface area (Å²) in [5.74, 6) is -3.80. The standard InChI is InChI=1S/C13H9F3N2O/c14-7-4-5-11(10(17)6-7)18-13(19)8-2-1-3-9(15)12(8)16/h1-6H,17H2,(H,18,19). The van der Waals surface area contributed by atoms with Crippen molar-refractivity contribution in [3.63, 3.8) is 0 Å². The van der Waals surface area contributed by atoms with Crippen molar-refractivity contribution in [1.82, 2.24) is 0 Å². The van der Waals surface area contributed by atoms with Crippen molar-refractivity contribution in [1.29, 1.82) is 0 Å². The molecule has 0 aliphatic heterocycles. The van der Waals surface area contributed by atoms with E-state index in [0.29, 0.717) is 0 Å². The lowest BCUT2D eigenvalue weighted by Gasteiger charge is -2.08. The highest BCUT2D eigenvalue weighted by atomic mass is 19.2. The van der Waals surface area contributed by atoms with E-state index < -0.39 is 28.9 Å². The van der Waals surface area contributed by atoms with E-state index in [2.05, 4.69) is 5.32 Å². The van der Waals surface area contributed by atoms with Gasteiger partial charge in [0.05, 0.1) is 16.9 Å². The number of anilines is 2. The number of carbonyl (C=O) groups is 1. The van der Waals surface area contributed by atoms with Gasteiger partial charge < -0.3 is 11.1 Å². The molecule has 2 rings (SSSR count). The molecule has 0 spiro atoms. The molecule has 0 radical (unpaired) electrons. The molecule has 0 saturated carbocycles. The van der Waals surface area contributed by atoms with Gasteiger partial charge in [0.15, 0.2) is 11.6 Å². The maximum Gasteiger partial charge on any atom is 0.258 e. The van der Waals surface area contributed by atoms with Crippen LogP contribution in [0.25, 0.3) is 0 Å². The Bertz CT molecular complexity index is 644. The first-order valence-corrected chi connectivity index (χ1v) is 5.29. The number of nitrogens with two attached hydrogens (primary N) is 1. The molecule has 0 aromatic heterocycles. The molecule has 19 heavy (non-hydrogen) atoms. The minimum Gasteiger partial charge on any atom is -0.397 e. The van der Waals surface area contributed by atoms with Crippen molar-refractivity contribution in [2.75, 3.05) is 11.1 Å². The summed E-state index contributed by atoms with van der Waals surface area (Å²) in [7, 11) is 0. The quantitative estimate of drug-likeness (QED) is 0.821. The number of benzene rings is 2. The van der Waals surface area contributed by atoms with Crippen molar-refractivity contribution in [3.05, 3.63) is 59.4 Å². The zero-order valence-corrected chi connectivity index (χ0v) is 9.58. The van der Waals surface area contributed by atoms with E-state index in [0.717, 1.165) is 24.3 Å². The van der Waals surface area contributed by atoms with Gasteiger partial charge >= 0.3 is 0 Å². The van der Waals surface area contributed by atoms with E-state index in [4.69, 9.17) is 5.73 Å². The molecule has 0 heterocycles. The van der Waals surface area contributed by atoms with Crippen molar-refractivity contribution in [2.45, 2.75) is 0 Å². The summed E-state index contributed by atoms with van der Waals surface area (Å²) in [5.41, 5.74) is 5.15. The Hall–Kier alpha value is -2.50. The minimum atomic E-state index is -1.25. The van der Waals surface area contributed by atoms with Crippen LogP contribution in [-0.2, 0) is 0 Å². The third-order valence-electron chi connectivity index (χ3n) is 2.46. The summed E-state index contributed by atoms with van der Waals surface area (Å²) in [5, 5.41) is 2.28. The summed E-state index contributed by atoms with van der Waals surface area (Å²) in [4.78, 5) is 11.8. The number of carbonyl (C=O) groups excluding carboxylic acids is 1. The van der Waals surface area contributed by atoms with Gasteiger partial charge in [-0.2, -0.15) is 0 Å². The molecule has 0 bridgehead atoms. The van der Waals surface area contributed by atoms with E-state index in [1.54, 1.807) is 0 Å². The Morgan fingerprint density at radius 1 is 1.11 bits per heavy atom. The molecule has 2 aromatic rings. The van der Waals surface area contributed by atoms with Gasteiger partial charge in [-0.1, -0.05) is 6.07 Å². The summed E-state index contributed by atoms with van der Waals surface area (Å²) < 4.78 is 39.2. The Morgan fingerprint density at radius 2 is 1.84 bits per heavy atom. The first-order valence-electron chi connectivity index (χ1n) is 5.29. The second kappa shape index (κ2) is 5.01. The molecule has 0 unspecified atom stereocenters. The average molecular weight is 266 g/mol. The SMILES string of the molecule is Nc1cc(F)ccc1NC(=O)c1cccc(F)c1F. The minimum absolute atomic E-state index is 0.00911. The van der Waals surface area contributed by atoms with Gasteiger partial charge in [0.2, 0.25) is 0 Å². The highest BCUT2D eigenvalue weighted by molar-refractivity contribution is 6.05. The number of nitrogens with one attached hydrogen (secondary N) is 1. The fourth-order valence-electron chi connectivity index (χ4n) is 1.52. The number of amides is 1.